The Morgan fingerprint density at radius 3 is 2.75 bits per heavy atom. The quantitative estimate of drug-likeness (QED) is 0.918. The Morgan fingerprint density at radius 1 is 1.45 bits per heavy atom. The largest absolute Gasteiger partial charge is 0.369 e. The summed E-state index contributed by atoms with van der Waals surface area (Å²) in [6.07, 6.45) is 1.25. The molecule has 1 aliphatic rings. The van der Waals surface area contributed by atoms with Crippen molar-refractivity contribution in [1.29, 1.82) is 0 Å². The van der Waals surface area contributed by atoms with Gasteiger partial charge < -0.3 is 5.73 Å². The predicted molar refractivity (Wildman–Crippen MR) is 76.9 cm³/mol. The average Bonchev–Trinajstić information content (AvgIpc) is 2.38. The van der Waals surface area contributed by atoms with Crippen LogP contribution in [0.5, 0.6) is 0 Å². The average molecular weight is 317 g/mol. The van der Waals surface area contributed by atoms with Gasteiger partial charge in [-0.05, 0) is 31.4 Å². The molecule has 1 unspecified atom stereocenters. The van der Waals surface area contributed by atoms with E-state index in [1.165, 1.54) is 4.31 Å². The maximum atomic E-state index is 12.7. The van der Waals surface area contributed by atoms with Gasteiger partial charge >= 0.3 is 0 Å². The molecule has 1 aromatic rings. The Hall–Kier alpha value is -1.11. The van der Waals surface area contributed by atoms with E-state index in [4.69, 9.17) is 17.3 Å². The highest BCUT2D eigenvalue weighted by molar-refractivity contribution is 7.89. The van der Waals surface area contributed by atoms with E-state index in [2.05, 4.69) is 0 Å². The zero-order valence-corrected chi connectivity index (χ0v) is 12.7. The Balaban J connectivity index is 2.38. The molecule has 0 radical (unpaired) electrons. The summed E-state index contributed by atoms with van der Waals surface area (Å²) in [5.74, 6) is -0.887. The van der Waals surface area contributed by atoms with Gasteiger partial charge in [0.25, 0.3) is 0 Å². The molecule has 0 spiro atoms. The van der Waals surface area contributed by atoms with Crippen LogP contribution in [0.1, 0.15) is 18.4 Å². The zero-order valence-electron chi connectivity index (χ0n) is 11.2. The summed E-state index contributed by atoms with van der Waals surface area (Å²) in [5.41, 5.74) is 5.88. The van der Waals surface area contributed by atoms with Crippen molar-refractivity contribution in [3.05, 3.63) is 28.8 Å². The van der Waals surface area contributed by atoms with Crippen LogP contribution in [0.4, 0.5) is 0 Å². The summed E-state index contributed by atoms with van der Waals surface area (Å²) in [5, 5.41) is 0.200. The number of carbonyl (C=O) groups excluding carboxylic acids is 1. The molecule has 1 heterocycles. The van der Waals surface area contributed by atoms with E-state index < -0.39 is 21.8 Å². The molecule has 1 saturated heterocycles. The minimum atomic E-state index is -3.70. The van der Waals surface area contributed by atoms with Gasteiger partial charge in [-0.1, -0.05) is 23.7 Å². The number of halogens is 1. The van der Waals surface area contributed by atoms with Crippen LogP contribution in [0.2, 0.25) is 5.02 Å². The van der Waals surface area contributed by atoms with Crippen LogP contribution in [-0.2, 0) is 14.8 Å². The standard InChI is InChI=1S/C13H17ClN2O3S/c1-9-4-2-6-11(14)12(9)20(18,19)16-7-3-5-10(8-16)13(15)17/h2,4,6,10H,3,5,7-8H2,1H3,(H2,15,17). The normalized spacial score (nSPS) is 20.8. The van der Waals surface area contributed by atoms with Gasteiger partial charge in [0.05, 0.1) is 10.9 Å². The van der Waals surface area contributed by atoms with Crippen LogP contribution < -0.4 is 5.73 Å². The van der Waals surface area contributed by atoms with E-state index in [1.54, 1.807) is 25.1 Å². The second kappa shape index (κ2) is 5.71. The maximum absolute atomic E-state index is 12.7. The lowest BCUT2D eigenvalue weighted by molar-refractivity contribution is -0.122. The summed E-state index contributed by atoms with van der Waals surface area (Å²) in [4.78, 5) is 11.4. The highest BCUT2D eigenvalue weighted by Gasteiger charge is 2.34. The Morgan fingerprint density at radius 2 is 2.15 bits per heavy atom. The molecule has 110 valence electrons. The van der Waals surface area contributed by atoms with Crippen molar-refractivity contribution in [2.45, 2.75) is 24.7 Å². The van der Waals surface area contributed by atoms with Gasteiger partial charge in [0.1, 0.15) is 4.90 Å². The Kier molecular flexibility index (Phi) is 4.36. The maximum Gasteiger partial charge on any atom is 0.244 e. The monoisotopic (exact) mass is 316 g/mol. The van der Waals surface area contributed by atoms with Crippen molar-refractivity contribution >= 4 is 27.5 Å². The van der Waals surface area contributed by atoms with Crippen molar-refractivity contribution < 1.29 is 13.2 Å². The lowest BCUT2D eigenvalue weighted by Crippen LogP contribution is -2.44. The van der Waals surface area contributed by atoms with Gasteiger partial charge in [-0.25, -0.2) is 8.42 Å². The fourth-order valence-electron chi connectivity index (χ4n) is 2.47. The van der Waals surface area contributed by atoms with Crippen LogP contribution in [0.25, 0.3) is 0 Å². The second-order valence-corrected chi connectivity index (χ2v) is 7.27. The molecular formula is C13H17ClN2O3S. The number of aryl methyl sites for hydroxylation is 1. The van der Waals surface area contributed by atoms with Crippen LogP contribution in [0.15, 0.2) is 23.1 Å². The van der Waals surface area contributed by atoms with E-state index >= 15 is 0 Å². The number of carbonyl (C=O) groups is 1. The van der Waals surface area contributed by atoms with Gasteiger partial charge in [0.15, 0.2) is 0 Å². The smallest absolute Gasteiger partial charge is 0.244 e. The van der Waals surface area contributed by atoms with E-state index in [9.17, 15) is 13.2 Å². The fourth-order valence-corrected chi connectivity index (χ4v) is 4.77. The summed E-state index contributed by atoms with van der Waals surface area (Å²) in [7, 11) is -3.70. The molecule has 2 rings (SSSR count). The van der Waals surface area contributed by atoms with Crippen molar-refractivity contribution in [3.63, 3.8) is 0 Å². The van der Waals surface area contributed by atoms with Gasteiger partial charge in [-0.15, -0.1) is 0 Å². The number of nitrogens with zero attached hydrogens (tertiary/aromatic N) is 1. The first kappa shape index (κ1) is 15.3. The molecule has 0 bridgehead atoms. The van der Waals surface area contributed by atoms with E-state index in [0.29, 0.717) is 24.9 Å². The third-order valence-electron chi connectivity index (χ3n) is 3.55. The summed E-state index contributed by atoms with van der Waals surface area (Å²) < 4.78 is 26.7. The highest BCUT2D eigenvalue weighted by Crippen LogP contribution is 2.30. The van der Waals surface area contributed by atoms with Crippen molar-refractivity contribution in [1.82, 2.24) is 4.31 Å². The minimum absolute atomic E-state index is 0.117. The van der Waals surface area contributed by atoms with Gasteiger partial charge in [-0.3, -0.25) is 4.79 Å². The number of sulfonamides is 1. The van der Waals surface area contributed by atoms with Gasteiger partial charge in [0.2, 0.25) is 15.9 Å². The van der Waals surface area contributed by atoms with E-state index in [0.717, 1.165) is 0 Å². The molecule has 0 aromatic heterocycles. The molecule has 20 heavy (non-hydrogen) atoms. The third-order valence-corrected chi connectivity index (χ3v) is 6.04. The van der Waals surface area contributed by atoms with Crippen molar-refractivity contribution in [3.8, 4) is 0 Å². The molecule has 0 aliphatic carbocycles. The van der Waals surface area contributed by atoms with Crippen LogP contribution in [0, 0.1) is 12.8 Å². The molecule has 7 heteroatoms. The number of primary amides is 1. The summed E-state index contributed by atoms with van der Waals surface area (Å²) in [6, 6.07) is 4.96. The second-order valence-electron chi connectivity index (χ2n) is 4.99. The Bertz CT molecular complexity index is 610. The van der Waals surface area contributed by atoms with E-state index in [-0.39, 0.29) is 16.5 Å². The third kappa shape index (κ3) is 2.82. The summed E-state index contributed by atoms with van der Waals surface area (Å²) >= 11 is 6.03. The molecule has 2 N–H and O–H groups in total. The van der Waals surface area contributed by atoms with Crippen molar-refractivity contribution in [2.75, 3.05) is 13.1 Å². The zero-order chi connectivity index (χ0) is 14.9. The molecular weight excluding hydrogens is 300 g/mol. The number of benzene rings is 1. The SMILES string of the molecule is Cc1cccc(Cl)c1S(=O)(=O)N1CCCC(C(N)=O)C1. The highest BCUT2D eigenvalue weighted by atomic mass is 35.5. The molecule has 5 nitrogen and oxygen atoms in total. The lowest BCUT2D eigenvalue weighted by Gasteiger charge is -2.31. The predicted octanol–water partition coefficient (Wildman–Crippen LogP) is 1.53. The molecule has 0 saturated carbocycles. The molecule has 1 atom stereocenters. The van der Waals surface area contributed by atoms with Crippen LogP contribution >= 0.6 is 11.6 Å². The number of amides is 1. The van der Waals surface area contributed by atoms with Gasteiger partial charge in [0, 0.05) is 13.1 Å². The number of hydrogen-bond acceptors (Lipinski definition) is 3. The first-order valence-electron chi connectivity index (χ1n) is 6.38. The number of piperidine rings is 1. The fraction of sp³-hybridized carbons (Fsp3) is 0.462. The van der Waals surface area contributed by atoms with Gasteiger partial charge in [-0.2, -0.15) is 4.31 Å². The van der Waals surface area contributed by atoms with Crippen LogP contribution in [0.3, 0.4) is 0 Å². The lowest BCUT2D eigenvalue weighted by atomic mass is 9.99. The molecule has 1 aliphatic heterocycles. The number of hydrogen-bond donors (Lipinski definition) is 1. The Labute approximate surface area is 123 Å². The molecule has 1 fully saturated rings. The summed E-state index contributed by atoms with van der Waals surface area (Å²) in [6.45, 7) is 2.22. The van der Waals surface area contributed by atoms with Crippen molar-refractivity contribution in [2.24, 2.45) is 11.7 Å². The minimum Gasteiger partial charge on any atom is -0.369 e. The van der Waals surface area contributed by atoms with E-state index in [1.807, 2.05) is 0 Å². The number of nitrogens with two attached hydrogens (primary N) is 1. The topological polar surface area (TPSA) is 80.5 Å². The molecule has 1 aromatic carbocycles. The first-order chi connectivity index (χ1) is 9.34. The first-order valence-corrected chi connectivity index (χ1v) is 8.20. The molecule has 1 amide bonds. The van der Waals surface area contributed by atoms with Crippen LogP contribution in [-0.4, -0.2) is 31.7 Å². The number of rotatable bonds is 3.